The van der Waals surface area contributed by atoms with Gasteiger partial charge in [-0.05, 0) is 43.4 Å². The van der Waals surface area contributed by atoms with Crippen LogP contribution in [0.3, 0.4) is 0 Å². The van der Waals surface area contributed by atoms with Crippen molar-refractivity contribution < 1.29 is 4.79 Å². The first-order valence-electron chi connectivity index (χ1n) is 8.54. The molecule has 4 heteroatoms. The minimum Gasteiger partial charge on any atom is -0.363 e. The second kappa shape index (κ2) is 7.04. The van der Waals surface area contributed by atoms with Crippen molar-refractivity contribution >= 4 is 11.7 Å². The lowest BCUT2D eigenvalue weighted by atomic mass is 10.1. The third-order valence-electron chi connectivity index (χ3n) is 4.71. The first-order valence-corrected chi connectivity index (χ1v) is 8.54. The molecule has 126 valence electrons. The number of hydrogen-bond acceptors (Lipinski definition) is 3. The molecule has 4 nitrogen and oxygen atoms in total. The van der Waals surface area contributed by atoms with Crippen LogP contribution < -0.4 is 4.90 Å². The van der Waals surface area contributed by atoms with Crippen LogP contribution in [0.1, 0.15) is 35.7 Å². The average Bonchev–Trinajstić information content (AvgIpc) is 3.44. The lowest BCUT2D eigenvalue weighted by Crippen LogP contribution is -2.39. The van der Waals surface area contributed by atoms with Crippen LogP contribution in [0.2, 0.25) is 0 Å². The van der Waals surface area contributed by atoms with Gasteiger partial charge in [0.1, 0.15) is 5.82 Å². The van der Waals surface area contributed by atoms with Crippen LogP contribution in [0, 0.1) is 5.92 Å². The molecule has 0 radical (unpaired) electrons. The molecule has 1 aliphatic carbocycles. The summed E-state index contributed by atoms with van der Waals surface area (Å²) < 4.78 is 0. The highest BCUT2D eigenvalue weighted by Gasteiger charge is 2.34. The Morgan fingerprint density at radius 3 is 2.42 bits per heavy atom. The van der Waals surface area contributed by atoms with Gasteiger partial charge in [0.05, 0.1) is 5.56 Å². The van der Waals surface area contributed by atoms with Gasteiger partial charge in [-0.15, -0.1) is 0 Å². The van der Waals surface area contributed by atoms with E-state index in [2.05, 4.69) is 24.0 Å². The fraction of sp³-hybridized carbons (Fsp3) is 0.400. The van der Waals surface area contributed by atoms with Crippen LogP contribution in [-0.4, -0.2) is 35.9 Å². The van der Waals surface area contributed by atoms with Crippen LogP contribution in [-0.2, 0) is 6.54 Å². The Hall–Kier alpha value is -2.36. The minimum absolute atomic E-state index is 0.0658. The van der Waals surface area contributed by atoms with Crippen LogP contribution >= 0.6 is 0 Å². The van der Waals surface area contributed by atoms with Crippen LogP contribution in [0.15, 0.2) is 48.7 Å². The molecule has 0 aliphatic heterocycles. The Labute approximate surface area is 144 Å². The molecule has 1 amide bonds. The summed E-state index contributed by atoms with van der Waals surface area (Å²) in [4.78, 5) is 21.4. The van der Waals surface area contributed by atoms with E-state index in [0.717, 1.165) is 11.4 Å². The largest absolute Gasteiger partial charge is 0.363 e. The molecule has 0 spiro atoms. The maximum Gasteiger partial charge on any atom is 0.255 e. The van der Waals surface area contributed by atoms with E-state index in [1.165, 1.54) is 12.8 Å². The molecule has 0 saturated heterocycles. The van der Waals surface area contributed by atoms with E-state index in [1.807, 2.05) is 54.2 Å². The van der Waals surface area contributed by atoms with Crippen molar-refractivity contribution in [1.29, 1.82) is 0 Å². The van der Waals surface area contributed by atoms with E-state index >= 15 is 0 Å². The van der Waals surface area contributed by atoms with E-state index in [1.54, 1.807) is 6.20 Å². The SMILES string of the molecule is CC(C1CC1)N(Cc1ccccc1)C(=O)c1ccc(N(C)C)nc1. The van der Waals surface area contributed by atoms with Crippen molar-refractivity contribution in [1.82, 2.24) is 9.88 Å². The fourth-order valence-electron chi connectivity index (χ4n) is 2.96. The topological polar surface area (TPSA) is 36.4 Å². The summed E-state index contributed by atoms with van der Waals surface area (Å²) in [6, 6.07) is 14.2. The summed E-state index contributed by atoms with van der Waals surface area (Å²) in [7, 11) is 3.89. The molecule has 1 unspecified atom stereocenters. The molecule has 1 fully saturated rings. The van der Waals surface area contributed by atoms with Gasteiger partial charge in [-0.3, -0.25) is 4.79 Å². The summed E-state index contributed by atoms with van der Waals surface area (Å²) in [6.45, 7) is 2.81. The fourth-order valence-corrected chi connectivity index (χ4v) is 2.96. The first kappa shape index (κ1) is 16.5. The van der Waals surface area contributed by atoms with Crippen LogP contribution in [0.5, 0.6) is 0 Å². The third-order valence-corrected chi connectivity index (χ3v) is 4.71. The van der Waals surface area contributed by atoms with E-state index in [9.17, 15) is 4.79 Å². The molecule has 0 N–H and O–H groups in total. The van der Waals surface area contributed by atoms with Gasteiger partial charge >= 0.3 is 0 Å². The normalized spacial score (nSPS) is 15.0. The highest BCUT2D eigenvalue weighted by molar-refractivity contribution is 5.94. The molecule has 1 aliphatic rings. The molecule has 3 rings (SSSR count). The monoisotopic (exact) mass is 323 g/mol. The second-order valence-electron chi connectivity index (χ2n) is 6.80. The van der Waals surface area contributed by atoms with Gasteiger partial charge in [0.15, 0.2) is 0 Å². The number of pyridine rings is 1. The Balaban J connectivity index is 1.82. The number of anilines is 1. The summed E-state index contributed by atoms with van der Waals surface area (Å²) in [5.41, 5.74) is 1.82. The Kier molecular flexibility index (Phi) is 4.84. The predicted molar refractivity (Wildman–Crippen MR) is 97.1 cm³/mol. The molecule has 24 heavy (non-hydrogen) atoms. The molecule has 1 heterocycles. The Morgan fingerprint density at radius 2 is 1.88 bits per heavy atom. The van der Waals surface area contributed by atoms with Gasteiger partial charge in [-0.1, -0.05) is 30.3 Å². The van der Waals surface area contributed by atoms with Crippen molar-refractivity contribution in [3.63, 3.8) is 0 Å². The second-order valence-corrected chi connectivity index (χ2v) is 6.80. The molecule has 0 bridgehead atoms. The van der Waals surface area contributed by atoms with Gasteiger partial charge < -0.3 is 9.80 Å². The summed E-state index contributed by atoms with van der Waals surface area (Å²) in [6.07, 6.45) is 4.13. The van der Waals surface area contributed by atoms with Gasteiger partial charge in [0.2, 0.25) is 0 Å². The zero-order chi connectivity index (χ0) is 17.1. The van der Waals surface area contributed by atoms with Crippen LogP contribution in [0.25, 0.3) is 0 Å². The van der Waals surface area contributed by atoms with Crippen molar-refractivity contribution in [2.75, 3.05) is 19.0 Å². The average molecular weight is 323 g/mol. The first-order chi connectivity index (χ1) is 11.6. The summed E-state index contributed by atoms with van der Waals surface area (Å²) in [5.74, 6) is 1.55. The number of benzene rings is 1. The van der Waals surface area contributed by atoms with Crippen molar-refractivity contribution in [3.8, 4) is 0 Å². The summed E-state index contributed by atoms with van der Waals surface area (Å²) >= 11 is 0. The standard InChI is InChI=1S/C20H25N3O/c1-15(17-9-10-17)23(14-16-7-5-4-6-8-16)20(24)18-11-12-19(21-13-18)22(2)3/h4-8,11-13,15,17H,9-10,14H2,1-3H3. The number of aromatic nitrogens is 1. The third kappa shape index (κ3) is 3.75. The number of rotatable bonds is 6. The maximum atomic E-state index is 13.1. The highest BCUT2D eigenvalue weighted by atomic mass is 16.2. The molecule has 2 aromatic rings. The maximum absolute atomic E-state index is 13.1. The molecule has 1 atom stereocenters. The van der Waals surface area contributed by atoms with Crippen molar-refractivity contribution in [3.05, 3.63) is 59.8 Å². The Bertz CT molecular complexity index is 678. The van der Waals surface area contributed by atoms with E-state index < -0.39 is 0 Å². The van der Waals surface area contributed by atoms with E-state index in [0.29, 0.717) is 18.0 Å². The van der Waals surface area contributed by atoms with Gasteiger partial charge in [-0.25, -0.2) is 4.98 Å². The number of carbonyl (C=O) groups excluding carboxylic acids is 1. The molecular weight excluding hydrogens is 298 g/mol. The zero-order valence-electron chi connectivity index (χ0n) is 14.6. The summed E-state index contributed by atoms with van der Waals surface area (Å²) in [5, 5.41) is 0. The number of amides is 1. The number of nitrogens with zero attached hydrogens (tertiary/aromatic N) is 3. The molecule has 1 saturated carbocycles. The number of carbonyl (C=O) groups is 1. The van der Waals surface area contributed by atoms with Gasteiger partial charge in [-0.2, -0.15) is 0 Å². The van der Waals surface area contributed by atoms with E-state index in [4.69, 9.17) is 0 Å². The van der Waals surface area contributed by atoms with Crippen LogP contribution in [0.4, 0.5) is 5.82 Å². The lowest BCUT2D eigenvalue weighted by molar-refractivity contribution is 0.0654. The van der Waals surface area contributed by atoms with Gasteiger partial charge in [0, 0.05) is 32.9 Å². The Morgan fingerprint density at radius 1 is 1.17 bits per heavy atom. The minimum atomic E-state index is 0.0658. The van der Waals surface area contributed by atoms with E-state index in [-0.39, 0.29) is 11.9 Å². The highest BCUT2D eigenvalue weighted by Crippen LogP contribution is 2.36. The molecular formula is C20H25N3O. The van der Waals surface area contributed by atoms with Gasteiger partial charge in [0.25, 0.3) is 5.91 Å². The van der Waals surface area contributed by atoms with Crippen molar-refractivity contribution in [2.45, 2.75) is 32.4 Å². The zero-order valence-corrected chi connectivity index (χ0v) is 14.6. The van der Waals surface area contributed by atoms with Crippen molar-refractivity contribution in [2.24, 2.45) is 5.92 Å². The molecule has 1 aromatic heterocycles. The lowest BCUT2D eigenvalue weighted by Gasteiger charge is -2.30. The quantitative estimate of drug-likeness (QED) is 0.815. The molecule has 1 aromatic carbocycles. The smallest absolute Gasteiger partial charge is 0.255 e. The predicted octanol–water partition coefficient (Wildman–Crippen LogP) is 3.59. The number of hydrogen-bond donors (Lipinski definition) is 0.